The summed E-state index contributed by atoms with van der Waals surface area (Å²) in [5, 5.41) is 40.5. The molecule has 0 unspecified atom stereocenters. The Morgan fingerprint density at radius 1 is 1.11 bits per heavy atom. The molecule has 0 spiro atoms. The van der Waals surface area contributed by atoms with Gasteiger partial charge < -0.3 is 15.1 Å². The Kier molecular flexibility index (Phi) is 3.54. The van der Waals surface area contributed by atoms with E-state index in [2.05, 4.69) is 0 Å². The maximum absolute atomic E-state index is 11.7. The van der Waals surface area contributed by atoms with Gasteiger partial charge in [0.2, 0.25) is 11.5 Å². The smallest absolute Gasteiger partial charge is 0.318 e. The normalized spacial score (nSPS) is 10.0. The van der Waals surface area contributed by atoms with Crippen LogP contribution in [0.25, 0.3) is 0 Å². The minimum atomic E-state index is -1.12. The maximum atomic E-state index is 11.7. The van der Waals surface area contributed by atoms with Gasteiger partial charge >= 0.3 is 11.4 Å². The van der Waals surface area contributed by atoms with Crippen LogP contribution in [0.3, 0.4) is 0 Å². The van der Waals surface area contributed by atoms with Crippen LogP contribution in [-0.4, -0.2) is 45.0 Å². The molecule has 0 aliphatic rings. The zero-order valence-corrected chi connectivity index (χ0v) is 9.85. The van der Waals surface area contributed by atoms with Crippen LogP contribution in [0.1, 0.15) is 10.4 Å². The summed E-state index contributed by atoms with van der Waals surface area (Å²) in [5.41, 5.74) is -2.95. The summed E-state index contributed by atoms with van der Waals surface area (Å²) in [6.07, 6.45) is 0. The molecular formula is C9H9N3O7. The molecule has 0 aromatic heterocycles. The standard InChI is InChI=1S/C9H9N3O7/c1-10(2)9(15)6-7(13)4(11(16)17)3-5(8(6)14)12(18)19/h3,13-14H,1-2H3. The molecule has 0 aliphatic heterocycles. The van der Waals surface area contributed by atoms with Crippen molar-refractivity contribution in [2.45, 2.75) is 0 Å². The molecule has 0 atom stereocenters. The molecular weight excluding hydrogens is 262 g/mol. The molecule has 0 radical (unpaired) electrons. The number of carbonyl (C=O) groups excluding carboxylic acids is 1. The van der Waals surface area contributed by atoms with Gasteiger partial charge in [-0.1, -0.05) is 0 Å². The predicted octanol–water partition coefficient (Wildman–Crippen LogP) is 0.616. The average molecular weight is 271 g/mol. The van der Waals surface area contributed by atoms with Crippen molar-refractivity contribution in [3.05, 3.63) is 31.9 Å². The number of phenols is 2. The monoisotopic (exact) mass is 271 g/mol. The Morgan fingerprint density at radius 3 is 1.74 bits per heavy atom. The van der Waals surface area contributed by atoms with Gasteiger partial charge in [-0.25, -0.2) is 0 Å². The fourth-order valence-corrected chi connectivity index (χ4v) is 1.34. The Bertz CT molecular complexity index is 543. The van der Waals surface area contributed by atoms with Gasteiger partial charge in [-0.3, -0.25) is 25.0 Å². The molecule has 0 heterocycles. The van der Waals surface area contributed by atoms with Crippen molar-refractivity contribution in [1.29, 1.82) is 0 Å². The first-order valence-electron chi connectivity index (χ1n) is 4.77. The van der Waals surface area contributed by atoms with Crippen molar-refractivity contribution in [1.82, 2.24) is 4.90 Å². The quantitative estimate of drug-likeness (QED) is 0.604. The SMILES string of the molecule is CN(C)C(=O)c1c(O)c([N+](=O)[O-])cc([N+](=O)[O-])c1O. The first kappa shape index (κ1) is 14.2. The lowest BCUT2D eigenvalue weighted by Crippen LogP contribution is -2.22. The molecule has 10 nitrogen and oxygen atoms in total. The first-order valence-corrected chi connectivity index (χ1v) is 4.77. The van der Waals surface area contributed by atoms with E-state index >= 15 is 0 Å². The first-order chi connectivity index (χ1) is 8.68. The molecule has 2 N–H and O–H groups in total. The summed E-state index contributed by atoms with van der Waals surface area (Å²) < 4.78 is 0. The van der Waals surface area contributed by atoms with Crippen LogP contribution in [0.5, 0.6) is 11.5 Å². The highest BCUT2D eigenvalue weighted by atomic mass is 16.6. The van der Waals surface area contributed by atoms with Crippen LogP contribution in [0.15, 0.2) is 6.07 Å². The zero-order chi connectivity index (χ0) is 14.9. The summed E-state index contributed by atoms with van der Waals surface area (Å²) in [7, 11) is 2.51. The fraction of sp³-hybridized carbons (Fsp3) is 0.222. The second-order valence-corrected chi connectivity index (χ2v) is 3.70. The Labute approximate surface area is 105 Å². The van der Waals surface area contributed by atoms with Crippen LogP contribution in [-0.2, 0) is 0 Å². The van der Waals surface area contributed by atoms with Crippen LogP contribution >= 0.6 is 0 Å². The van der Waals surface area contributed by atoms with E-state index in [1.807, 2.05) is 0 Å². The summed E-state index contributed by atoms with van der Waals surface area (Å²) in [6, 6.07) is 0.386. The molecule has 10 heteroatoms. The van der Waals surface area contributed by atoms with E-state index in [0.29, 0.717) is 6.07 Å². The lowest BCUT2D eigenvalue weighted by atomic mass is 10.1. The third-order valence-corrected chi connectivity index (χ3v) is 2.25. The summed E-state index contributed by atoms with van der Waals surface area (Å²) in [4.78, 5) is 31.8. The molecule has 0 bridgehead atoms. The van der Waals surface area contributed by atoms with Gasteiger partial charge in [-0.05, 0) is 0 Å². The summed E-state index contributed by atoms with van der Waals surface area (Å²) in [5.74, 6) is -3.24. The van der Waals surface area contributed by atoms with Gasteiger partial charge in [0.1, 0.15) is 11.6 Å². The third-order valence-electron chi connectivity index (χ3n) is 2.25. The molecule has 1 amide bonds. The number of amides is 1. The highest BCUT2D eigenvalue weighted by Gasteiger charge is 2.33. The highest BCUT2D eigenvalue weighted by molar-refractivity contribution is 6.02. The van der Waals surface area contributed by atoms with E-state index in [-0.39, 0.29) is 0 Å². The Morgan fingerprint density at radius 2 is 1.47 bits per heavy atom. The topological polar surface area (TPSA) is 147 Å². The molecule has 102 valence electrons. The van der Waals surface area contributed by atoms with Gasteiger partial charge in [-0.2, -0.15) is 0 Å². The molecule has 0 aliphatic carbocycles. The van der Waals surface area contributed by atoms with Crippen LogP contribution < -0.4 is 0 Å². The molecule has 0 saturated carbocycles. The van der Waals surface area contributed by atoms with Crippen molar-refractivity contribution in [3.63, 3.8) is 0 Å². The molecule has 1 aromatic carbocycles. The van der Waals surface area contributed by atoms with Gasteiger partial charge in [0.15, 0.2) is 0 Å². The summed E-state index contributed by atoms with van der Waals surface area (Å²) in [6.45, 7) is 0. The van der Waals surface area contributed by atoms with E-state index in [9.17, 15) is 35.2 Å². The van der Waals surface area contributed by atoms with Crippen molar-refractivity contribution < 1.29 is 24.9 Å². The minimum absolute atomic E-state index is 0.386. The third kappa shape index (κ3) is 2.36. The van der Waals surface area contributed by atoms with E-state index < -0.39 is 44.2 Å². The Balaban J connectivity index is 3.74. The number of hydrogen-bond donors (Lipinski definition) is 2. The lowest BCUT2D eigenvalue weighted by Gasteiger charge is -2.12. The second-order valence-electron chi connectivity index (χ2n) is 3.70. The highest BCUT2D eigenvalue weighted by Crippen LogP contribution is 2.42. The molecule has 19 heavy (non-hydrogen) atoms. The lowest BCUT2D eigenvalue weighted by molar-refractivity contribution is -0.395. The van der Waals surface area contributed by atoms with Gasteiger partial charge in [0.05, 0.1) is 9.85 Å². The van der Waals surface area contributed by atoms with E-state index in [0.717, 1.165) is 4.90 Å². The van der Waals surface area contributed by atoms with Crippen LogP contribution in [0.2, 0.25) is 0 Å². The average Bonchev–Trinajstić information content (AvgIpc) is 2.27. The van der Waals surface area contributed by atoms with E-state index in [1.165, 1.54) is 14.1 Å². The second kappa shape index (κ2) is 4.76. The number of hydrogen-bond acceptors (Lipinski definition) is 7. The maximum Gasteiger partial charge on any atom is 0.318 e. The van der Waals surface area contributed by atoms with Gasteiger partial charge in [0.25, 0.3) is 5.91 Å². The van der Waals surface area contributed by atoms with E-state index in [4.69, 9.17) is 0 Å². The number of carbonyl (C=O) groups is 1. The zero-order valence-electron chi connectivity index (χ0n) is 9.85. The Hall–Kier alpha value is -2.91. The molecule has 0 fully saturated rings. The molecule has 1 aromatic rings. The van der Waals surface area contributed by atoms with Gasteiger partial charge in [0, 0.05) is 14.1 Å². The predicted molar refractivity (Wildman–Crippen MR) is 61.1 cm³/mol. The van der Waals surface area contributed by atoms with Crippen molar-refractivity contribution >= 4 is 17.3 Å². The minimum Gasteiger partial charge on any atom is -0.501 e. The van der Waals surface area contributed by atoms with Gasteiger partial charge in [-0.15, -0.1) is 0 Å². The largest absolute Gasteiger partial charge is 0.501 e. The van der Waals surface area contributed by atoms with Crippen molar-refractivity contribution in [2.75, 3.05) is 14.1 Å². The molecule has 0 saturated heterocycles. The van der Waals surface area contributed by atoms with Crippen molar-refractivity contribution in [2.24, 2.45) is 0 Å². The van der Waals surface area contributed by atoms with Crippen molar-refractivity contribution in [3.8, 4) is 11.5 Å². The summed E-state index contributed by atoms with van der Waals surface area (Å²) >= 11 is 0. The number of nitro groups is 2. The number of nitrogens with zero attached hydrogens (tertiary/aromatic N) is 3. The van der Waals surface area contributed by atoms with Crippen LogP contribution in [0, 0.1) is 20.2 Å². The number of phenolic OH excluding ortho intramolecular Hbond substituents is 2. The number of aromatic hydroxyl groups is 2. The number of nitro benzene ring substituents is 2. The fourth-order valence-electron chi connectivity index (χ4n) is 1.34. The molecule has 1 rings (SSSR count). The van der Waals surface area contributed by atoms with Crippen LogP contribution in [0.4, 0.5) is 11.4 Å². The number of rotatable bonds is 3. The number of benzene rings is 1. The van der Waals surface area contributed by atoms with E-state index in [1.54, 1.807) is 0 Å².